The lowest BCUT2D eigenvalue weighted by Crippen LogP contribution is -2.10. The Balaban J connectivity index is 2.69. The number of carboxylic acid groups (broad SMARTS) is 1. The number of rotatable bonds is 5. The summed E-state index contributed by atoms with van der Waals surface area (Å²) in [6.45, 7) is 0.911. The van der Waals surface area contributed by atoms with Crippen molar-refractivity contribution in [2.75, 3.05) is 13.6 Å². The van der Waals surface area contributed by atoms with Crippen LogP contribution in [0.25, 0.3) is 0 Å². The maximum Gasteiger partial charge on any atom is 0.335 e. The smallest absolute Gasteiger partial charge is 0.335 e. The van der Waals surface area contributed by atoms with Gasteiger partial charge in [-0.1, -0.05) is 18.2 Å². The summed E-state index contributed by atoms with van der Waals surface area (Å²) in [6.07, 6.45) is 1.77. The first-order chi connectivity index (χ1) is 6.75. The van der Waals surface area contributed by atoms with Crippen LogP contribution in [0, 0.1) is 0 Å². The van der Waals surface area contributed by atoms with Gasteiger partial charge in [0.1, 0.15) is 0 Å². The van der Waals surface area contributed by atoms with Crippen LogP contribution in [0.2, 0.25) is 0 Å². The van der Waals surface area contributed by atoms with E-state index in [0.717, 1.165) is 24.9 Å². The van der Waals surface area contributed by atoms with E-state index < -0.39 is 5.97 Å². The minimum Gasteiger partial charge on any atom is -0.478 e. The summed E-state index contributed by atoms with van der Waals surface area (Å²) in [5.74, 6) is -0.843. The summed E-state index contributed by atoms with van der Waals surface area (Å²) in [7, 11) is 1.89. The highest BCUT2D eigenvalue weighted by atomic mass is 16.4. The molecule has 0 amide bonds. The average molecular weight is 193 g/mol. The molecule has 0 radical (unpaired) electrons. The normalized spacial score (nSPS) is 10.1. The lowest BCUT2D eigenvalue weighted by atomic mass is 10.0. The van der Waals surface area contributed by atoms with E-state index in [9.17, 15) is 4.79 Å². The second kappa shape index (κ2) is 5.40. The lowest BCUT2D eigenvalue weighted by molar-refractivity contribution is 0.0695. The molecule has 0 spiro atoms. The minimum atomic E-state index is -0.843. The number of carbonyl (C=O) groups is 1. The molecule has 3 nitrogen and oxygen atoms in total. The number of carboxylic acids is 1. The lowest BCUT2D eigenvalue weighted by Gasteiger charge is -2.04. The standard InChI is InChI=1S/C11H15NO2/c1-12-8-4-6-9-5-2-3-7-10(9)11(13)14/h2-3,5,7,12H,4,6,8H2,1H3,(H,13,14). The van der Waals surface area contributed by atoms with Crippen molar-refractivity contribution in [3.8, 4) is 0 Å². The number of aryl methyl sites for hydroxylation is 1. The molecule has 0 heterocycles. The second-order valence-electron chi connectivity index (χ2n) is 3.17. The molecular weight excluding hydrogens is 178 g/mol. The third-order valence-corrected chi connectivity index (χ3v) is 2.12. The van der Waals surface area contributed by atoms with Gasteiger partial charge in [0.2, 0.25) is 0 Å². The Hall–Kier alpha value is -1.35. The molecule has 0 saturated heterocycles. The molecule has 1 rings (SSSR count). The summed E-state index contributed by atoms with van der Waals surface area (Å²) >= 11 is 0. The molecule has 0 atom stereocenters. The van der Waals surface area contributed by atoms with Gasteiger partial charge in [-0.05, 0) is 38.1 Å². The van der Waals surface area contributed by atoms with Gasteiger partial charge in [-0.3, -0.25) is 0 Å². The van der Waals surface area contributed by atoms with Gasteiger partial charge in [0.25, 0.3) is 0 Å². The fourth-order valence-corrected chi connectivity index (χ4v) is 1.40. The predicted octanol–water partition coefficient (Wildman–Crippen LogP) is 1.54. The van der Waals surface area contributed by atoms with Gasteiger partial charge >= 0.3 is 5.97 Å². The average Bonchev–Trinajstić information content (AvgIpc) is 2.19. The predicted molar refractivity (Wildman–Crippen MR) is 55.6 cm³/mol. The van der Waals surface area contributed by atoms with Gasteiger partial charge in [-0.2, -0.15) is 0 Å². The Morgan fingerprint density at radius 1 is 1.43 bits per heavy atom. The third-order valence-electron chi connectivity index (χ3n) is 2.12. The SMILES string of the molecule is CNCCCc1ccccc1C(=O)O. The van der Waals surface area contributed by atoms with E-state index in [1.807, 2.05) is 19.2 Å². The van der Waals surface area contributed by atoms with Crippen molar-refractivity contribution in [1.29, 1.82) is 0 Å². The highest BCUT2D eigenvalue weighted by Gasteiger charge is 2.07. The van der Waals surface area contributed by atoms with E-state index in [-0.39, 0.29) is 0 Å². The number of hydrogen-bond acceptors (Lipinski definition) is 2. The second-order valence-corrected chi connectivity index (χ2v) is 3.17. The Kier molecular flexibility index (Phi) is 4.13. The topological polar surface area (TPSA) is 49.3 Å². The molecule has 0 unspecified atom stereocenters. The molecule has 0 fully saturated rings. The van der Waals surface area contributed by atoms with Gasteiger partial charge in [0.15, 0.2) is 0 Å². The van der Waals surface area contributed by atoms with E-state index in [1.165, 1.54) is 0 Å². The molecule has 0 aliphatic heterocycles. The molecule has 0 saturated carbocycles. The molecule has 1 aromatic rings. The monoisotopic (exact) mass is 193 g/mol. The Labute approximate surface area is 83.8 Å². The highest BCUT2D eigenvalue weighted by molar-refractivity contribution is 5.89. The zero-order valence-corrected chi connectivity index (χ0v) is 8.29. The Morgan fingerprint density at radius 2 is 2.14 bits per heavy atom. The van der Waals surface area contributed by atoms with Crippen molar-refractivity contribution in [3.05, 3.63) is 35.4 Å². The molecule has 76 valence electrons. The van der Waals surface area contributed by atoms with Gasteiger partial charge in [-0.25, -0.2) is 4.79 Å². The quantitative estimate of drug-likeness (QED) is 0.697. The van der Waals surface area contributed by atoms with E-state index in [1.54, 1.807) is 12.1 Å². The van der Waals surface area contributed by atoms with Crippen LogP contribution >= 0.6 is 0 Å². The molecule has 0 aliphatic carbocycles. The van der Waals surface area contributed by atoms with Crippen LogP contribution < -0.4 is 5.32 Å². The van der Waals surface area contributed by atoms with Gasteiger partial charge < -0.3 is 10.4 Å². The molecule has 3 heteroatoms. The number of aromatic carboxylic acids is 1. The minimum absolute atomic E-state index is 0.420. The van der Waals surface area contributed by atoms with E-state index in [2.05, 4.69) is 5.32 Å². The molecule has 0 aromatic heterocycles. The van der Waals surface area contributed by atoms with Crippen LogP contribution in [-0.4, -0.2) is 24.7 Å². The first-order valence-corrected chi connectivity index (χ1v) is 4.71. The van der Waals surface area contributed by atoms with Crippen LogP contribution in [-0.2, 0) is 6.42 Å². The fourth-order valence-electron chi connectivity index (χ4n) is 1.40. The summed E-state index contributed by atoms with van der Waals surface area (Å²) in [5.41, 5.74) is 1.33. The molecule has 14 heavy (non-hydrogen) atoms. The van der Waals surface area contributed by atoms with Crippen molar-refractivity contribution in [3.63, 3.8) is 0 Å². The molecular formula is C11H15NO2. The van der Waals surface area contributed by atoms with Crippen LogP contribution in [0.5, 0.6) is 0 Å². The van der Waals surface area contributed by atoms with Crippen molar-refractivity contribution in [2.24, 2.45) is 0 Å². The van der Waals surface area contributed by atoms with Crippen LogP contribution in [0.15, 0.2) is 24.3 Å². The zero-order valence-electron chi connectivity index (χ0n) is 8.29. The molecule has 1 aromatic carbocycles. The molecule has 0 aliphatic rings. The van der Waals surface area contributed by atoms with Crippen molar-refractivity contribution < 1.29 is 9.90 Å². The maximum atomic E-state index is 10.8. The van der Waals surface area contributed by atoms with Crippen molar-refractivity contribution in [2.45, 2.75) is 12.8 Å². The summed E-state index contributed by atoms with van der Waals surface area (Å²) in [6, 6.07) is 7.16. The van der Waals surface area contributed by atoms with Gasteiger partial charge in [0, 0.05) is 0 Å². The van der Waals surface area contributed by atoms with Crippen molar-refractivity contribution in [1.82, 2.24) is 5.32 Å². The summed E-state index contributed by atoms with van der Waals surface area (Å²) < 4.78 is 0. The summed E-state index contributed by atoms with van der Waals surface area (Å²) in [5, 5.41) is 11.9. The third kappa shape index (κ3) is 2.85. The summed E-state index contributed by atoms with van der Waals surface area (Å²) in [4.78, 5) is 10.8. The van der Waals surface area contributed by atoms with E-state index in [4.69, 9.17) is 5.11 Å². The van der Waals surface area contributed by atoms with Crippen LogP contribution in [0.1, 0.15) is 22.3 Å². The van der Waals surface area contributed by atoms with E-state index in [0.29, 0.717) is 5.56 Å². The number of nitrogens with one attached hydrogen (secondary N) is 1. The largest absolute Gasteiger partial charge is 0.478 e. The Morgan fingerprint density at radius 3 is 2.79 bits per heavy atom. The van der Waals surface area contributed by atoms with Crippen LogP contribution in [0.4, 0.5) is 0 Å². The molecule has 2 N–H and O–H groups in total. The van der Waals surface area contributed by atoms with E-state index >= 15 is 0 Å². The highest BCUT2D eigenvalue weighted by Crippen LogP contribution is 2.10. The maximum absolute atomic E-state index is 10.8. The van der Waals surface area contributed by atoms with Gasteiger partial charge in [-0.15, -0.1) is 0 Å². The van der Waals surface area contributed by atoms with Gasteiger partial charge in [0.05, 0.1) is 5.56 Å². The van der Waals surface area contributed by atoms with Crippen molar-refractivity contribution >= 4 is 5.97 Å². The van der Waals surface area contributed by atoms with Crippen LogP contribution in [0.3, 0.4) is 0 Å². The number of benzene rings is 1. The zero-order chi connectivity index (χ0) is 10.4. The number of hydrogen-bond donors (Lipinski definition) is 2. The Bertz CT molecular complexity index is 310. The molecule has 0 bridgehead atoms. The fraction of sp³-hybridized carbons (Fsp3) is 0.364. The first kappa shape index (κ1) is 10.7. The first-order valence-electron chi connectivity index (χ1n) is 4.71.